The van der Waals surface area contributed by atoms with Gasteiger partial charge in [0, 0.05) is 52.6 Å². The first-order chi connectivity index (χ1) is 11.6. The number of piperazine rings is 1. The highest BCUT2D eigenvalue weighted by Gasteiger charge is 2.21. The summed E-state index contributed by atoms with van der Waals surface area (Å²) in [5.41, 5.74) is 1.48. The van der Waals surface area contributed by atoms with Crippen LogP contribution >= 0.6 is 0 Å². The molecule has 5 heteroatoms. The summed E-state index contributed by atoms with van der Waals surface area (Å²) in [6, 6.07) is 0. The van der Waals surface area contributed by atoms with Gasteiger partial charge >= 0.3 is 0 Å². The lowest BCUT2D eigenvalue weighted by Crippen LogP contribution is -2.49. The fourth-order valence-electron chi connectivity index (χ4n) is 3.54. The Morgan fingerprint density at radius 1 is 1.12 bits per heavy atom. The van der Waals surface area contributed by atoms with Crippen LogP contribution in [0.2, 0.25) is 0 Å². The van der Waals surface area contributed by atoms with Crippen LogP contribution in [0.15, 0.2) is 11.6 Å². The average Bonchev–Trinajstić information content (AvgIpc) is 2.62. The van der Waals surface area contributed by atoms with Crippen molar-refractivity contribution in [3.63, 3.8) is 0 Å². The largest absolute Gasteiger partial charge is 0.342 e. The van der Waals surface area contributed by atoms with Crippen LogP contribution in [0.4, 0.5) is 0 Å². The molecule has 0 radical (unpaired) electrons. The number of hydrogen-bond acceptors (Lipinski definition) is 3. The molecule has 1 fully saturated rings. The topological polar surface area (TPSA) is 43.9 Å². The van der Waals surface area contributed by atoms with Gasteiger partial charge in [-0.3, -0.25) is 9.59 Å². The summed E-state index contributed by atoms with van der Waals surface area (Å²) in [5, 5.41) is 0. The number of likely N-dealkylation sites (N-methyl/N-ethyl adjacent to an activating group) is 1. The highest BCUT2D eigenvalue weighted by molar-refractivity contribution is 5.78. The molecular formula is C19H33N3O2. The summed E-state index contributed by atoms with van der Waals surface area (Å²) in [6.07, 6.45) is 8.66. The molecule has 0 aromatic carbocycles. The molecule has 0 aromatic rings. The van der Waals surface area contributed by atoms with Gasteiger partial charge < -0.3 is 14.7 Å². The van der Waals surface area contributed by atoms with Gasteiger partial charge in [0.2, 0.25) is 11.8 Å². The number of hydrogen-bond donors (Lipinski definition) is 0. The Bertz CT molecular complexity index is 454. The first-order valence-electron chi connectivity index (χ1n) is 9.53. The Hall–Kier alpha value is -1.36. The molecule has 1 saturated heterocycles. The van der Waals surface area contributed by atoms with Gasteiger partial charge in [-0.15, -0.1) is 0 Å². The number of carbonyl (C=O) groups excluding carboxylic acids is 2. The zero-order chi connectivity index (χ0) is 17.4. The van der Waals surface area contributed by atoms with Crippen LogP contribution < -0.4 is 0 Å². The molecule has 5 nitrogen and oxygen atoms in total. The van der Waals surface area contributed by atoms with Crippen molar-refractivity contribution in [2.75, 3.05) is 45.8 Å². The SMILES string of the molecule is CCN1CCN(C(=O)CCN(CCC2=CCCCC2)C(C)=O)CC1. The van der Waals surface area contributed by atoms with Gasteiger partial charge in [0.25, 0.3) is 0 Å². The molecular weight excluding hydrogens is 302 g/mol. The molecule has 2 aliphatic rings. The van der Waals surface area contributed by atoms with Gasteiger partial charge in [-0.1, -0.05) is 18.6 Å². The van der Waals surface area contributed by atoms with Gasteiger partial charge in [-0.05, 0) is 38.6 Å². The van der Waals surface area contributed by atoms with Crippen LogP contribution in [-0.4, -0.2) is 72.3 Å². The quantitative estimate of drug-likeness (QED) is 0.671. The van der Waals surface area contributed by atoms with Crippen molar-refractivity contribution in [2.45, 2.75) is 52.4 Å². The van der Waals surface area contributed by atoms with Gasteiger partial charge in [0.15, 0.2) is 0 Å². The Morgan fingerprint density at radius 2 is 1.88 bits per heavy atom. The molecule has 1 aliphatic carbocycles. The molecule has 2 rings (SSSR count). The van der Waals surface area contributed by atoms with E-state index in [0.29, 0.717) is 13.0 Å². The van der Waals surface area contributed by atoms with Gasteiger partial charge in [0.1, 0.15) is 0 Å². The number of nitrogens with zero attached hydrogens (tertiary/aromatic N) is 3. The molecule has 0 atom stereocenters. The molecule has 136 valence electrons. The summed E-state index contributed by atoms with van der Waals surface area (Å²) in [6.45, 7) is 9.69. The van der Waals surface area contributed by atoms with Crippen molar-refractivity contribution in [1.82, 2.24) is 14.7 Å². The molecule has 1 heterocycles. The van der Waals surface area contributed by atoms with E-state index in [0.717, 1.165) is 45.7 Å². The molecule has 0 spiro atoms. The van der Waals surface area contributed by atoms with E-state index in [-0.39, 0.29) is 11.8 Å². The Morgan fingerprint density at radius 3 is 2.46 bits per heavy atom. The maximum atomic E-state index is 12.4. The second-order valence-electron chi connectivity index (χ2n) is 6.93. The summed E-state index contributed by atoms with van der Waals surface area (Å²) in [4.78, 5) is 30.4. The van der Waals surface area contributed by atoms with E-state index in [9.17, 15) is 9.59 Å². The minimum Gasteiger partial charge on any atom is -0.342 e. The number of carbonyl (C=O) groups is 2. The normalized spacial score (nSPS) is 19.1. The maximum Gasteiger partial charge on any atom is 0.224 e. The number of allylic oxidation sites excluding steroid dienone is 1. The fourth-order valence-corrected chi connectivity index (χ4v) is 3.54. The summed E-state index contributed by atoms with van der Waals surface area (Å²) in [7, 11) is 0. The van der Waals surface area contributed by atoms with Crippen LogP contribution in [-0.2, 0) is 9.59 Å². The molecule has 0 aromatic heterocycles. The third kappa shape index (κ3) is 5.93. The molecule has 0 unspecified atom stereocenters. The molecule has 0 saturated carbocycles. The third-order valence-corrected chi connectivity index (χ3v) is 5.30. The zero-order valence-corrected chi connectivity index (χ0v) is 15.4. The predicted octanol–water partition coefficient (Wildman–Crippen LogP) is 2.28. The molecule has 0 N–H and O–H groups in total. The van der Waals surface area contributed by atoms with Crippen molar-refractivity contribution in [2.24, 2.45) is 0 Å². The smallest absolute Gasteiger partial charge is 0.224 e. The number of rotatable bonds is 7. The van der Waals surface area contributed by atoms with Crippen LogP contribution in [0.3, 0.4) is 0 Å². The highest BCUT2D eigenvalue weighted by Crippen LogP contribution is 2.20. The summed E-state index contributed by atoms with van der Waals surface area (Å²) >= 11 is 0. The van der Waals surface area contributed by atoms with Gasteiger partial charge in [-0.25, -0.2) is 0 Å². The van der Waals surface area contributed by atoms with Crippen LogP contribution in [0.25, 0.3) is 0 Å². The van der Waals surface area contributed by atoms with E-state index in [1.807, 2.05) is 9.80 Å². The van der Waals surface area contributed by atoms with Crippen molar-refractivity contribution in [3.8, 4) is 0 Å². The lowest BCUT2D eigenvalue weighted by Gasteiger charge is -2.34. The van der Waals surface area contributed by atoms with Gasteiger partial charge in [-0.2, -0.15) is 0 Å². The van der Waals surface area contributed by atoms with Crippen molar-refractivity contribution >= 4 is 11.8 Å². The lowest BCUT2D eigenvalue weighted by molar-refractivity contribution is -0.134. The van der Waals surface area contributed by atoms with E-state index in [4.69, 9.17) is 0 Å². The molecule has 0 bridgehead atoms. The third-order valence-electron chi connectivity index (χ3n) is 5.30. The van der Waals surface area contributed by atoms with Crippen LogP contribution in [0, 0.1) is 0 Å². The minimum absolute atomic E-state index is 0.0787. The first-order valence-corrected chi connectivity index (χ1v) is 9.53. The minimum atomic E-state index is 0.0787. The molecule has 2 amide bonds. The predicted molar refractivity (Wildman–Crippen MR) is 96.7 cm³/mol. The standard InChI is InChI=1S/C19H33N3O2/c1-3-20-13-15-22(16-14-20)19(24)10-12-21(17(2)23)11-9-18-7-5-4-6-8-18/h7H,3-6,8-16H2,1-2H3. The first kappa shape index (κ1) is 19.0. The Labute approximate surface area is 146 Å². The number of amides is 2. The second kappa shape index (κ2) is 9.82. The van der Waals surface area contributed by atoms with E-state index in [1.165, 1.54) is 31.3 Å². The van der Waals surface area contributed by atoms with Gasteiger partial charge in [0.05, 0.1) is 0 Å². The monoisotopic (exact) mass is 335 g/mol. The molecule has 1 aliphatic heterocycles. The average molecular weight is 335 g/mol. The Balaban J connectivity index is 1.73. The highest BCUT2D eigenvalue weighted by atomic mass is 16.2. The summed E-state index contributed by atoms with van der Waals surface area (Å²) < 4.78 is 0. The van der Waals surface area contributed by atoms with E-state index >= 15 is 0 Å². The van der Waals surface area contributed by atoms with E-state index < -0.39 is 0 Å². The fraction of sp³-hybridized carbons (Fsp3) is 0.789. The zero-order valence-electron chi connectivity index (χ0n) is 15.4. The maximum absolute atomic E-state index is 12.4. The van der Waals surface area contributed by atoms with Crippen molar-refractivity contribution in [1.29, 1.82) is 0 Å². The molecule has 24 heavy (non-hydrogen) atoms. The Kier molecular flexibility index (Phi) is 7.76. The van der Waals surface area contributed by atoms with Crippen molar-refractivity contribution < 1.29 is 9.59 Å². The van der Waals surface area contributed by atoms with E-state index in [1.54, 1.807) is 6.92 Å². The van der Waals surface area contributed by atoms with Crippen molar-refractivity contribution in [3.05, 3.63) is 11.6 Å². The second-order valence-corrected chi connectivity index (χ2v) is 6.93. The van der Waals surface area contributed by atoms with Crippen LogP contribution in [0.1, 0.15) is 52.4 Å². The summed E-state index contributed by atoms with van der Waals surface area (Å²) in [5.74, 6) is 0.267. The van der Waals surface area contributed by atoms with Crippen LogP contribution in [0.5, 0.6) is 0 Å². The van der Waals surface area contributed by atoms with E-state index in [2.05, 4.69) is 17.9 Å². The lowest BCUT2D eigenvalue weighted by atomic mass is 9.97.